The first-order chi connectivity index (χ1) is 18.7. The average Bonchev–Trinajstić information content (AvgIpc) is 2.90. The summed E-state index contributed by atoms with van der Waals surface area (Å²) in [6.45, 7) is 6.52. The summed E-state index contributed by atoms with van der Waals surface area (Å²) in [5.41, 5.74) is 0.300. The minimum absolute atomic E-state index is 0.0602. The van der Waals surface area contributed by atoms with E-state index in [1.165, 1.54) is 48.4 Å². The van der Waals surface area contributed by atoms with E-state index in [1.807, 2.05) is 45.0 Å². The molecule has 0 aliphatic carbocycles. The number of sulfonamides is 1. The largest absolute Gasteiger partial charge is 0.497 e. The van der Waals surface area contributed by atoms with Gasteiger partial charge in [-0.15, -0.1) is 0 Å². The molecule has 3 rings (SSSR count). The average molecular weight is 635 g/mol. The van der Waals surface area contributed by atoms with Crippen LogP contribution in [0.4, 0.5) is 10.1 Å². The second-order valence-electron chi connectivity index (χ2n) is 10.2. The Hall–Kier alpha value is -3.44. The lowest BCUT2D eigenvalue weighted by Gasteiger charge is -2.33. The molecule has 0 bridgehead atoms. The van der Waals surface area contributed by atoms with Crippen molar-refractivity contribution in [2.45, 2.75) is 50.7 Å². The van der Waals surface area contributed by atoms with E-state index in [1.54, 1.807) is 6.92 Å². The van der Waals surface area contributed by atoms with Crippen molar-refractivity contribution in [1.82, 2.24) is 10.2 Å². The number of nitrogens with one attached hydrogen (secondary N) is 1. The van der Waals surface area contributed by atoms with E-state index < -0.39 is 39.9 Å². The molecule has 0 fully saturated rings. The Kier molecular flexibility index (Phi) is 9.96. The van der Waals surface area contributed by atoms with Crippen molar-refractivity contribution in [2.75, 3.05) is 18.0 Å². The van der Waals surface area contributed by atoms with Gasteiger partial charge in [-0.3, -0.25) is 13.9 Å². The summed E-state index contributed by atoms with van der Waals surface area (Å²) in [5, 5.41) is 2.88. The van der Waals surface area contributed by atoms with Crippen LogP contribution in [0.3, 0.4) is 0 Å². The monoisotopic (exact) mass is 633 g/mol. The zero-order chi connectivity index (χ0) is 29.7. The number of amides is 2. The molecule has 11 heteroatoms. The third kappa shape index (κ3) is 8.04. The Morgan fingerprint density at radius 3 is 2.08 bits per heavy atom. The number of carbonyl (C=O) groups excluding carboxylic acids is 2. The van der Waals surface area contributed by atoms with Crippen LogP contribution in [-0.4, -0.2) is 50.4 Å². The normalized spacial score (nSPS) is 12.4. The molecule has 8 nitrogen and oxygen atoms in total. The first-order valence-electron chi connectivity index (χ1n) is 12.5. The van der Waals surface area contributed by atoms with Gasteiger partial charge in [0.05, 0.1) is 17.7 Å². The highest BCUT2D eigenvalue weighted by Gasteiger charge is 2.33. The fourth-order valence-corrected chi connectivity index (χ4v) is 5.53. The van der Waals surface area contributed by atoms with Crippen LogP contribution in [0.15, 0.2) is 82.2 Å². The number of nitrogens with zero attached hydrogens (tertiary/aromatic N) is 2. The quantitative estimate of drug-likeness (QED) is 0.334. The molecule has 0 radical (unpaired) electrons. The molecule has 214 valence electrons. The van der Waals surface area contributed by atoms with Crippen molar-refractivity contribution < 1.29 is 27.1 Å². The van der Waals surface area contributed by atoms with Crippen molar-refractivity contribution in [2.24, 2.45) is 0 Å². The van der Waals surface area contributed by atoms with Crippen LogP contribution in [0.5, 0.6) is 5.75 Å². The van der Waals surface area contributed by atoms with Crippen LogP contribution in [0.25, 0.3) is 0 Å². The highest BCUT2D eigenvalue weighted by molar-refractivity contribution is 9.10. The molecule has 1 N–H and O–H groups in total. The number of ether oxygens (including phenoxy) is 1. The number of methoxy groups -OCH3 is 1. The molecule has 1 atom stereocenters. The molecule has 3 aromatic carbocycles. The topological polar surface area (TPSA) is 96.0 Å². The number of benzene rings is 3. The minimum Gasteiger partial charge on any atom is -0.497 e. The Labute approximate surface area is 243 Å². The van der Waals surface area contributed by atoms with E-state index in [9.17, 15) is 22.4 Å². The lowest BCUT2D eigenvalue weighted by atomic mass is 10.1. The van der Waals surface area contributed by atoms with Gasteiger partial charge in [0.25, 0.3) is 10.0 Å². The predicted octanol–water partition coefficient (Wildman–Crippen LogP) is 5.12. The third-order valence-electron chi connectivity index (χ3n) is 5.97. The van der Waals surface area contributed by atoms with Gasteiger partial charge in [0.15, 0.2) is 0 Å². The fourth-order valence-electron chi connectivity index (χ4n) is 3.85. The van der Waals surface area contributed by atoms with Crippen LogP contribution < -0.4 is 14.4 Å². The second-order valence-corrected chi connectivity index (χ2v) is 13.0. The molecular formula is C29H33BrFN3O5S. The highest BCUT2D eigenvalue weighted by atomic mass is 79.9. The molecule has 3 aromatic rings. The lowest BCUT2D eigenvalue weighted by molar-refractivity contribution is -0.140. The number of anilines is 1. The van der Waals surface area contributed by atoms with Crippen LogP contribution in [0.2, 0.25) is 0 Å². The summed E-state index contributed by atoms with van der Waals surface area (Å²) in [4.78, 5) is 28.3. The first kappa shape index (κ1) is 31.1. The molecule has 0 aromatic heterocycles. The number of rotatable bonds is 10. The van der Waals surface area contributed by atoms with Gasteiger partial charge in [0.2, 0.25) is 11.8 Å². The predicted molar refractivity (Wildman–Crippen MR) is 156 cm³/mol. The number of hydrogen-bond donors (Lipinski definition) is 1. The summed E-state index contributed by atoms with van der Waals surface area (Å²) in [7, 11) is -2.81. The molecule has 0 saturated heterocycles. The van der Waals surface area contributed by atoms with E-state index in [2.05, 4.69) is 21.2 Å². The maximum atomic E-state index is 13.9. The van der Waals surface area contributed by atoms with E-state index in [0.29, 0.717) is 5.75 Å². The van der Waals surface area contributed by atoms with E-state index in [-0.39, 0.29) is 23.0 Å². The summed E-state index contributed by atoms with van der Waals surface area (Å²) in [6, 6.07) is 16.9. The number of halogens is 2. The zero-order valence-corrected chi connectivity index (χ0v) is 25.4. The molecule has 0 heterocycles. The van der Waals surface area contributed by atoms with Gasteiger partial charge in [0, 0.05) is 16.6 Å². The van der Waals surface area contributed by atoms with Gasteiger partial charge < -0.3 is 15.0 Å². The molecule has 40 heavy (non-hydrogen) atoms. The standard InChI is InChI=1S/C29H33BrFN3O5S/c1-20(28(36)32-29(2,3)4)33(18-21-6-8-22(30)9-7-21)27(35)19-34(24-12-10-23(31)11-13-24)40(37,38)26-16-14-25(39-5)15-17-26/h6-17,20H,18-19H2,1-5H3,(H,32,36)/t20-/m1/s1. The van der Waals surface area contributed by atoms with Gasteiger partial charge in [-0.25, -0.2) is 12.8 Å². The zero-order valence-electron chi connectivity index (χ0n) is 23.0. The molecule has 0 unspecified atom stereocenters. The Morgan fingerprint density at radius 2 is 1.55 bits per heavy atom. The van der Waals surface area contributed by atoms with Crippen molar-refractivity contribution in [3.63, 3.8) is 0 Å². The van der Waals surface area contributed by atoms with Crippen molar-refractivity contribution >= 4 is 43.5 Å². The summed E-state index contributed by atoms with van der Waals surface area (Å²) >= 11 is 3.39. The Morgan fingerprint density at radius 1 is 0.975 bits per heavy atom. The lowest BCUT2D eigenvalue weighted by Crippen LogP contribution is -2.54. The smallest absolute Gasteiger partial charge is 0.264 e. The van der Waals surface area contributed by atoms with Crippen molar-refractivity contribution in [3.05, 3.63) is 88.6 Å². The molecule has 0 saturated carbocycles. The van der Waals surface area contributed by atoms with Crippen molar-refractivity contribution in [3.8, 4) is 5.75 Å². The molecular weight excluding hydrogens is 601 g/mol. The van der Waals surface area contributed by atoms with Gasteiger partial charge >= 0.3 is 0 Å². The molecule has 0 aliphatic heterocycles. The van der Waals surface area contributed by atoms with Crippen LogP contribution in [-0.2, 0) is 26.2 Å². The highest BCUT2D eigenvalue weighted by Crippen LogP contribution is 2.26. The van der Waals surface area contributed by atoms with Gasteiger partial charge in [0.1, 0.15) is 24.2 Å². The summed E-state index contributed by atoms with van der Waals surface area (Å²) < 4.78 is 48.2. The molecule has 0 spiro atoms. The maximum absolute atomic E-state index is 13.9. The minimum atomic E-state index is -4.27. The summed E-state index contributed by atoms with van der Waals surface area (Å²) in [6.07, 6.45) is 0. The van der Waals surface area contributed by atoms with E-state index in [4.69, 9.17) is 4.74 Å². The van der Waals surface area contributed by atoms with Crippen LogP contribution in [0.1, 0.15) is 33.3 Å². The third-order valence-corrected chi connectivity index (χ3v) is 8.29. The first-order valence-corrected chi connectivity index (χ1v) is 14.7. The molecule has 2 amide bonds. The van der Waals surface area contributed by atoms with Crippen LogP contribution in [0, 0.1) is 5.82 Å². The van der Waals surface area contributed by atoms with Gasteiger partial charge in [-0.1, -0.05) is 28.1 Å². The summed E-state index contributed by atoms with van der Waals surface area (Å²) in [5.74, 6) is -1.09. The van der Waals surface area contributed by atoms with Gasteiger partial charge in [-0.05, 0) is 93.9 Å². The fraction of sp³-hybridized carbons (Fsp3) is 0.310. The Bertz CT molecular complexity index is 1420. The second kappa shape index (κ2) is 12.8. The van der Waals surface area contributed by atoms with Gasteiger partial charge in [-0.2, -0.15) is 0 Å². The van der Waals surface area contributed by atoms with E-state index in [0.717, 1.165) is 26.5 Å². The van der Waals surface area contributed by atoms with E-state index >= 15 is 0 Å². The Balaban J connectivity index is 2.03. The SMILES string of the molecule is COc1ccc(S(=O)(=O)N(CC(=O)N(Cc2ccc(Br)cc2)[C@H](C)C(=O)NC(C)(C)C)c2ccc(F)cc2)cc1. The van der Waals surface area contributed by atoms with Crippen LogP contribution >= 0.6 is 15.9 Å². The number of hydrogen-bond acceptors (Lipinski definition) is 5. The maximum Gasteiger partial charge on any atom is 0.264 e. The number of carbonyl (C=O) groups is 2. The molecule has 0 aliphatic rings. The van der Waals surface area contributed by atoms with Crippen molar-refractivity contribution in [1.29, 1.82) is 0 Å².